The standard InChI is InChI=1S/C16H17NO4S/c1-11-7-8-15(21-2)14(9-11)16(18)17-12-5-4-6-13(10-12)22(3,19)20/h4-10H,1-3H3,(H,17,18). The molecule has 5 nitrogen and oxygen atoms in total. The minimum absolute atomic E-state index is 0.154. The largest absolute Gasteiger partial charge is 0.496 e. The molecule has 0 atom stereocenters. The lowest BCUT2D eigenvalue weighted by molar-refractivity contribution is 0.102. The molecule has 0 heterocycles. The number of hydrogen-bond acceptors (Lipinski definition) is 4. The zero-order chi connectivity index (χ0) is 16.3. The summed E-state index contributed by atoms with van der Waals surface area (Å²) >= 11 is 0. The molecule has 0 unspecified atom stereocenters. The van der Waals surface area contributed by atoms with E-state index in [0.717, 1.165) is 11.8 Å². The van der Waals surface area contributed by atoms with E-state index in [2.05, 4.69) is 5.32 Å². The maximum Gasteiger partial charge on any atom is 0.259 e. The van der Waals surface area contributed by atoms with Crippen molar-refractivity contribution >= 4 is 21.4 Å². The van der Waals surface area contributed by atoms with Crippen LogP contribution in [-0.2, 0) is 9.84 Å². The Morgan fingerprint density at radius 3 is 2.50 bits per heavy atom. The van der Waals surface area contributed by atoms with Gasteiger partial charge in [-0.3, -0.25) is 4.79 Å². The molecule has 0 spiro atoms. The summed E-state index contributed by atoms with van der Waals surface area (Å²) in [6.45, 7) is 1.88. The number of amides is 1. The van der Waals surface area contributed by atoms with Crippen molar-refractivity contribution in [3.8, 4) is 5.75 Å². The fourth-order valence-corrected chi connectivity index (χ4v) is 2.67. The van der Waals surface area contributed by atoms with Crippen molar-refractivity contribution in [1.29, 1.82) is 0 Å². The van der Waals surface area contributed by atoms with Gasteiger partial charge in [0.15, 0.2) is 9.84 Å². The van der Waals surface area contributed by atoms with Crippen molar-refractivity contribution in [2.75, 3.05) is 18.7 Å². The van der Waals surface area contributed by atoms with Crippen LogP contribution in [0.5, 0.6) is 5.75 Å². The normalized spacial score (nSPS) is 11.0. The zero-order valence-corrected chi connectivity index (χ0v) is 13.4. The van der Waals surface area contributed by atoms with Gasteiger partial charge in [-0.15, -0.1) is 0 Å². The van der Waals surface area contributed by atoms with E-state index in [9.17, 15) is 13.2 Å². The Labute approximate surface area is 129 Å². The van der Waals surface area contributed by atoms with E-state index in [1.807, 2.05) is 13.0 Å². The van der Waals surface area contributed by atoms with Gasteiger partial charge in [-0.05, 0) is 37.3 Å². The van der Waals surface area contributed by atoms with Crippen molar-refractivity contribution in [2.24, 2.45) is 0 Å². The Morgan fingerprint density at radius 1 is 1.14 bits per heavy atom. The van der Waals surface area contributed by atoms with Crippen LogP contribution in [0.15, 0.2) is 47.4 Å². The lowest BCUT2D eigenvalue weighted by Gasteiger charge is -2.11. The second-order valence-corrected chi connectivity index (χ2v) is 6.97. The lowest BCUT2D eigenvalue weighted by Crippen LogP contribution is -2.13. The first-order chi connectivity index (χ1) is 10.3. The number of hydrogen-bond donors (Lipinski definition) is 1. The number of methoxy groups -OCH3 is 1. The molecule has 0 aliphatic carbocycles. The van der Waals surface area contributed by atoms with Crippen molar-refractivity contribution in [1.82, 2.24) is 0 Å². The van der Waals surface area contributed by atoms with Crippen LogP contribution in [0.2, 0.25) is 0 Å². The molecule has 0 saturated heterocycles. The van der Waals surface area contributed by atoms with E-state index < -0.39 is 9.84 Å². The Hall–Kier alpha value is -2.34. The summed E-state index contributed by atoms with van der Waals surface area (Å²) in [5.74, 6) is 0.105. The molecule has 0 bridgehead atoms. The molecule has 1 N–H and O–H groups in total. The summed E-state index contributed by atoms with van der Waals surface area (Å²) in [5.41, 5.74) is 1.74. The Bertz CT molecular complexity index is 813. The number of nitrogens with one attached hydrogen (secondary N) is 1. The second kappa shape index (κ2) is 6.19. The van der Waals surface area contributed by atoms with Crippen LogP contribution in [0, 0.1) is 6.92 Å². The topological polar surface area (TPSA) is 72.5 Å². The number of carbonyl (C=O) groups is 1. The summed E-state index contributed by atoms with van der Waals surface area (Å²) in [4.78, 5) is 12.5. The van der Waals surface area contributed by atoms with Crippen molar-refractivity contribution in [3.63, 3.8) is 0 Å². The number of aryl methyl sites for hydroxylation is 1. The number of carbonyl (C=O) groups excluding carboxylic acids is 1. The SMILES string of the molecule is COc1ccc(C)cc1C(=O)Nc1cccc(S(C)(=O)=O)c1. The molecule has 0 fully saturated rings. The predicted molar refractivity (Wildman–Crippen MR) is 85.2 cm³/mol. The summed E-state index contributed by atoms with van der Waals surface area (Å²) in [7, 11) is -1.83. The highest BCUT2D eigenvalue weighted by Crippen LogP contribution is 2.22. The molecule has 2 aromatic rings. The summed E-state index contributed by atoms with van der Waals surface area (Å²) in [6.07, 6.45) is 1.12. The first kappa shape index (κ1) is 16.0. The van der Waals surface area contributed by atoms with Crippen LogP contribution in [0.25, 0.3) is 0 Å². The molecule has 6 heteroatoms. The first-order valence-corrected chi connectivity index (χ1v) is 8.46. The number of rotatable bonds is 4. The third-order valence-corrected chi connectivity index (χ3v) is 4.23. The van der Waals surface area contributed by atoms with E-state index in [1.54, 1.807) is 24.3 Å². The van der Waals surface area contributed by atoms with Crippen LogP contribution in [-0.4, -0.2) is 27.7 Å². The van der Waals surface area contributed by atoms with Crippen molar-refractivity contribution in [2.45, 2.75) is 11.8 Å². The summed E-state index contributed by atoms with van der Waals surface area (Å²) in [5, 5.41) is 2.69. The molecule has 0 aliphatic heterocycles. The van der Waals surface area contributed by atoms with Crippen LogP contribution in [0.4, 0.5) is 5.69 Å². The minimum atomic E-state index is -3.32. The van der Waals surface area contributed by atoms with Gasteiger partial charge in [0.2, 0.25) is 0 Å². The molecule has 0 radical (unpaired) electrons. The van der Waals surface area contributed by atoms with Gasteiger partial charge in [0.1, 0.15) is 5.75 Å². The van der Waals surface area contributed by atoms with E-state index in [4.69, 9.17) is 4.74 Å². The van der Waals surface area contributed by atoms with Gasteiger partial charge in [0, 0.05) is 11.9 Å². The number of ether oxygens (including phenoxy) is 1. The summed E-state index contributed by atoms with van der Waals surface area (Å²) in [6, 6.07) is 11.4. The average molecular weight is 319 g/mol. The molecule has 0 aliphatic rings. The van der Waals surface area contributed by atoms with E-state index in [0.29, 0.717) is 17.0 Å². The van der Waals surface area contributed by atoms with Crippen LogP contribution >= 0.6 is 0 Å². The highest BCUT2D eigenvalue weighted by atomic mass is 32.2. The smallest absolute Gasteiger partial charge is 0.259 e. The molecule has 1 amide bonds. The predicted octanol–water partition coefficient (Wildman–Crippen LogP) is 2.66. The fraction of sp³-hybridized carbons (Fsp3) is 0.188. The number of benzene rings is 2. The molecule has 0 aromatic heterocycles. The fourth-order valence-electron chi connectivity index (χ4n) is 2.00. The molecular formula is C16H17NO4S. The van der Waals surface area contributed by atoms with Crippen LogP contribution in [0.3, 0.4) is 0 Å². The van der Waals surface area contributed by atoms with Gasteiger partial charge in [0.25, 0.3) is 5.91 Å². The Kier molecular flexibility index (Phi) is 4.51. The van der Waals surface area contributed by atoms with Gasteiger partial charge in [0.05, 0.1) is 17.6 Å². The van der Waals surface area contributed by atoms with Crippen LogP contribution in [0.1, 0.15) is 15.9 Å². The lowest BCUT2D eigenvalue weighted by atomic mass is 10.1. The third kappa shape index (κ3) is 3.65. The van der Waals surface area contributed by atoms with Crippen molar-refractivity contribution < 1.29 is 17.9 Å². The van der Waals surface area contributed by atoms with E-state index >= 15 is 0 Å². The van der Waals surface area contributed by atoms with Gasteiger partial charge >= 0.3 is 0 Å². The Morgan fingerprint density at radius 2 is 1.86 bits per heavy atom. The van der Waals surface area contributed by atoms with Gasteiger partial charge in [-0.2, -0.15) is 0 Å². The maximum absolute atomic E-state index is 12.4. The molecular weight excluding hydrogens is 302 g/mol. The van der Waals surface area contributed by atoms with E-state index in [-0.39, 0.29) is 10.8 Å². The quantitative estimate of drug-likeness (QED) is 0.940. The number of sulfone groups is 1. The van der Waals surface area contributed by atoms with Crippen molar-refractivity contribution in [3.05, 3.63) is 53.6 Å². The Balaban J connectivity index is 2.32. The second-order valence-electron chi connectivity index (χ2n) is 4.96. The highest BCUT2D eigenvalue weighted by molar-refractivity contribution is 7.90. The zero-order valence-electron chi connectivity index (χ0n) is 12.6. The van der Waals surface area contributed by atoms with E-state index in [1.165, 1.54) is 19.2 Å². The van der Waals surface area contributed by atoms with Gasteiger partial charge in [-0.25, -0.2) is 8.42 Å². The molecule has 22 heavy (non-hydrogen) atoms. The molecule has 2 rings (SSSR count). The highest BCUT2D eigenvalue weighted by Gasteiger charge is 2.14. The van der Waals surface area contributed by atoms with Gasteiger partial charge in [-0.1, -0.05) is 17.7 Å². The third-order valence-electron chi connectivity index (χ3n) is 3.12. The average Bonchev–Trinajstić information content (AvgIpc) is 2.46. The minimum Gasteiger partial charge on any atom is -0.496 e. The monoisotopic (exact) mass is 319 g/mol. The number of anilines is 1. The molecule has 116 valence electrons. The summed E-state index contributed by atoms with van der Waals surface area (Å²) < 4.78 is 28.3. The van der Waals surface area contributed by atoms with Crippen LogP contribution < -0.4 is 10.1 Å². The molecule has 2 aromatic carbocycles. The van der Waals surface area contributed by atoms with Gasteiger partial charge < -0.3 is 10.1 Å². The first-order valence-electron chi connectivity index (χ1n) is 6.57. The maximum atomic E-state index is 12.4. The molecule has 0 saturated carbocycles.